The summed E-state index contributed by atoms with van der Waals surface area (Å²) >= 11 is 1.87. The van der Waals surface area contributed by atoms with Gasteiger partial charge < -0.3 is 9.32 Å². The minimum Gasteiger partial charge on any atom is -0.455 e. The Morgan fingerprint density at radius 2 is 1.02 bits per heavy atom. The van der Waals surface area contributed by atoms with Crippen molar-refractivity contribution in [1.29, 1.82) is 0 Å². The van der Waals surface area contributed by atoms with Crippen LogP contribution in [0.25, 0.3) is 75.1 Å². The van der Waals surface area contributed by atoms with Crippen molar-refractivity contribution in [3.05, 3.63) is 175 Å². The molecule has 55 heavy (non-hydrogen) atoms. The number of rotatable bonds is 6. The number of anilines is 3. The van der Waals surface area contributed by atoms with Crippen molar-refractivity contribution in [3.63, 3.8) is 0 Å². The third-order valence-electron chi connectivity index (χ3n) is 11.9. The largest absolute Gasteiger partial charge is 0.455 e. The van der Waals surface area contributed by atoms with E-state index in [-0.39, 0.29) is 0 Å². The van der Waals surface area contributed by atoms with Gasteiger partial charge in [0, 0.05) is 47.6 Å². The fraction of sp³-hybridized carbons (Fsp3) is 0.115. The number of nitrogens with zero attached hydrogens (tertiary/aromatic N) is 1. The van der Waals surface area contributed by atoms with Crippen LogP contribution in [0.4, 0.5) is 17.1 Å². The number of thiophene rings is 1. The van der Waals surface area contributed by atoms with Gasteiger partial charge in [-0.3, -0.25) is 0 Å². The molecule has 0 aliphatic heterocycles. The van der Waals surface area contributed by atoms with Crippen LogP contribution in [0, 0.1) is 0 Å². The molecule has 10 aromatic rings. The van der Waals surface area contributed by atoms with Crippen LogP contribution in [0.15, 0.2) is 174 Å². The minimum atomic E-state index is 0.581. The second kappa shape index (κ2) is 13.3. The zero-order chi connectivity index (χ0) is 36.3. The first-order valence-electron chi connectivity index (χ1n) is 19.6. The summed E-state index contributed by atoms with van der Waals surface area (Å²) in [4.78, 5) is 2.54. The van der Waals surface area contributed by atoms with Crippen molar-refractivity contribution < 1.29 is 4.42 Å². The predicted octanol–water partition coefficient (Wildman–Crippen LogP) is 16.0. The van der Waals surface area contributed by atoms with Gasteiger partial charge >= 0.3 is 0 Å². The molecule has 1 aliphatic rings. The van der Waals surface area contributed by atoms with Gasteiger partial charge in [0.25, 0.3) is 0 Å². The molecule has 0 spiro atoms. The normalized spacial score (nSPS) is 13.7. The molecule has 0 bridgehead atoms. The number of hydrogen-bond donors (Lipinski definition) is 0. The highest BCUT2D eigenvalue weighted by molar-refractivity contribution is 7.26. The van der Waals surface area contributed by atoms with E-state index in [1.807, 2.05) is 11.3 Å². The van der Waals surface area contributed by atoms with Crippen molar-refractivity contribution in [2.45, 2.75) is 38.0 Å². The first-order valence-corrected chi connectivity index (χ1v) is 20.4. The van der Waals surface area contributed by atoms with E-state index in [9.17, 15) is 0 Å². The predicted molar refractivity (Wildman–Crippen MR) is 235 cm³/mol. The maximum absolute atomic E-state index is 6.69. The van der Waals surface area contributed by atoms with Crippen LogP contribution in [0.2, 0.25) is 0 Å². The topological polar surface area (TPSA) is 16.4 Å². The Morgan fingerprint density at radius 1 is 0.436 bits per heavy atom. The van der Waals surface area contributed by atoms with Crippen LogP contribution >= 0.6 is 11.3 Å². The summed E-state index contributed by atoms with van der Waals surface area (Å²) in [5.41, 5.74) is 11.5. The molecule has 1 fully saturated rings. The standard InChI is InChI=1S/C52H39NOS/c1-2-16-34(17-3-1)36-24-12-18-35-19-13-25-40(50(35)36)37-20-4-8-28-44(37)53(46-30-15-33-49-51(46)43-23-7-11-32-48(43)55-49)45-29-9-5-21-38(45)41-26-14-27-42-39-22-6-10-31-47(39)54-52(41)42/h4-15,18-34H,1-3,16-17H2. The molecule has 2 heterocycles. The quantitative estimate of drug-likeness (QED) is 0.170. The van der Waals surface area contributed by atoms with Gasteiger partial charge in [-0.15, -0.1) is 11.3 Å². The molecule has 11 rings (SSSR count). The summed E-state index contributed by atoms with van der Waals surface area (Å²) in [5, 5.41) is 7.52. The number of furan rings is 1. The zero-order valence-corrected chi connectivity index (χ0v) is 31.4. The van der Waals surface area contributed by atoms with Gasteiger partial charge in [0.2, 0.25) is 0 Å². The maximum Gasteiger partial charge on any atom is 0.143 e. The minimum absolute atomic E-state index is 0.581. The zero-order valence-electron chi connectivity index (χ0n) is 30.5. The molecule has 1 saturated carbocycles. The second-order valence-corrected chi connectivity index (χ2v) is 16.1. The summed E-state index contributed by atoms with van der Waals surface area (Å²) in [6, 6.07) is 62.4. The van der Waals surface area contributed by atoms with E-state index < -0.39 is 0 Å². The van der Waals surface area contributed by atoms with Gasteiger partial charge in [0.1, 0.15) is 11.2 Å². The van der Waals surface area contributed by atoms with Crippen LogP contribution < -0.4 is 4.90 Å². The van der Waals surface area contributed by atoms with Crippen molar-refractivity contribution in [2.75, 3.05) is 4.90 Å². The monoisotopic (exact) mass is 725 g/mol. The Kier molecular flexibility index (Phi) is 7.81. The average Bonchev–Trinajstić information content (AvgIpc) is 3.83. The highest BCUT2D eigenvalue weighted by atomic mass is 32.1. The second-order valence-electron chi connectivity index (χ2n) is 15.0. The number of hydrogen-bond acceptors (Lipinski definition) is 3. The Labute approximate surface area is 324 Å². The summed E-state index contributed by atoms with van der Waals surface area (Å²) in [6.45, 7) is 0. The molecule has 3 heteroatoms. The Balaban J connectivity index is 1.22. The molecule has 2 nitrogen and oxygen atoms in total. The fourth-order valence-corrected chi connectivity index (χ4v) is 10.6. The van der Waals surface area contributed by atoms with Crippen molar-refractivity contribution in [3.8, 4) is 22.3 Å². The lowest BCUT2D eigenvalue weighted by molar-refractivity contribution is 0.445. The number of fused-ring (bicyclic) bond motifs is 7. The molecule has 0 atom stereocenters. The smallest absolute Gasteiger partial charge is 0.143 e. The van der Waals surface area contributed by atoms with E-state index in [2.05, 4.69) is 175 Å². The lowest BCUT2D eigenvalue weighted by Crippen LogP contribution is -2.13. The van der Waals surface area contributed by atoms with Crippen LogP contribution in [0.3, 0.4) is 0 Å². The highest BCUT2D eigenvalue weighted by Crippen LogP contribution is 2.51. The van der Waals surface area contributed by atoms with Gasteiger partial charge in [-0.2, -0.15) is 0 Å². The third kappa shape index (κ3) is 5.29. The first-order chi connectivity index (χ1) is 27.3. The van der Waals surface area contributed by atoms with Crippen molar-refractivity contribution >= 4 is 81.3 Å². The van der Waals surface area contributed by atoms with Crippen molar-refractivity contribution in [1.82, 2.24) is 0 Å². The molecule has 0 N–H and O–H groups in total. The first kappa shape index (κ1) is 32.3. The summed E-state index contributed by atoms with van der Waals surface area (Å²) < 4.78 is 9.27. The molecule has 0 amide bonds. The van der Waals surface area contributed by atoms with Crippen molar-refractivity contribution in [2.24, 2.45) is 0 Å². The molecule has 1 aliphatic carbocycles. The van der Waals surface area contributed by atoms with Gasteiger partial charge in [-0.1, -0.05) is 153 Å². The summed E-state index contributed by atoms with van der Waals surface area (Å²) in [5.74, 6) is 0.581. The number of benzene rings is 8. The Bertz CT molecular complexity index is 3050. The van der Waals surface area contributed by atoms with E-state index in [1.54, 1.807) is 0 Å². The SMILES string of the molecule is c1ccc(N(c2ccccc2-c2cccc3cccc(C4CCCCC4)c23)c2cccc3sc4ccccc4c23)c(-c2cccc3c2oc2ccccc23)c1. The van der Waals surface area contributed by atoms with Gasteiger partial charge in [-0.05, 0) is 77.1 Å². The molecule has 264 valence electrons. The molecular formula is C52H39NOS. The molecule has 0 radical (unpaired) electrons. The lowest BCUT2D eigenvalue weighted by Gasteiger charge is -2.31. The van der Waals surface area contributed by atoms with Crippen LogP contribution in [0.5, 0.6) is 0 Å². The van der Waals surface area contributed by atoms with E-state index in [1.165, 1.54) is 85.4 Å². The van der Waals surface area contributed by atoms with Gasteiger partial charge in [0.05, 0.1) is 17.1 Å². The third-order valence-corrected chi connectivity index (χ3v) is 13.0. The van der Waals surface area contributed by atoms with Gasteiger partial charge in [-0.25, -0.2) is 0 Å². The van der Waals surface area contributed by atoms with Crippen LogP contribution in [-0.4, -0.2) is 0 Å². The summed E-state index contributed by atoms with van der Waals surface area (Å²) in [6.07, 6.45) is 6.47. The van der Waals surface area contributed by atoms with Crippen LogP contribution in [-0.2, 0) is 0 Å². The average molecular weight is 726 g/mol. The fourth-order valence-electron chi connectivity index (χ4n) is 9.43. The van der Waals surface area contributed by atoms with Crippen LogP contribution in [0.1, 0.15) is 43.6 Å². The number of para-hydroxylation sites is 4. The van der Waals surface area contributed by atoms with E-state index in [0.29, 0.717) is 5.92 Å². The van der Waals surface area contributed by atoms with E-state index in [4.69, 9.17) is 4.42 Å². The lowest BCUT2D eigenvalue weighted by atomic mass is 9.80. The van der Waals surface area contributed by atoms with E-state index in [0.717, 1.165) is 44.4 Å². The molecule has 2 aromatic heterocycles. The summed E-state index contributed by atoms with van der Waals surface area (Å²) in [7, 11) is 0. The van der Waals surface area contributed by atoms with Gasteiger partial charge in [0.15, 0.2) is 0 Å². The molecule has 0 unspecified atom stereocenters. The molecule has 8 aromatic carbocycles. The Morgan fingerprint density at radius 3 is 1.85 bits per heavy atom. The maximum atomic E-state index is 6.69. The molecule has 0 saturated heterocycles. The van der Waals surface area contributed by atoms with E-state index >= 15 is 0 Å². The highest BCUT2D eigenvalue weighted by Gasteiger charge is 2.26. The Hall–Kier alpha value is -6.16. The molecular weight excluding hydrogens is 687 g/mol.